The Morgan fingerprint density at radius 2 is 1.77 bits per heavy atom. The van der Waals surface area contributed by atoms with Crippen molar-refractivity contribution in [3.8, 4) is 11.5 Å². The first-order chi connectivity index (χ1) is 17.0. The number of ether oxygens (including phenoxy) is 2. The van der Waals surface area contributed by atoms with Gasteiger partial charge in [0.15, 0.2) is 21.8 Å². The van der Waals surface area contributed by atoms with Gasteiger partial charge in [-0.1, -0.05) is 6.07 Å². The van der Waals surface area contributed by atoms with Crippen LogP contribution in [0.25, 0.3) is 0 Å². The molecule has 3 N–H and O–H groups in total. The summed E-state index contributed by atoms with van der Waals surface area (Å²) in [6, 6.07) is 12.4. The Balaban J connectivity index is 1.26. The number of nitrogens with one attached hydrogen (secondary N) is 3. The number of benzene rings is 2. The van der Waals surface area contributed by atoms with E-state index < -0.39 is 10.0 Å². The highest BCUT2D eigenvalue weighted by Crippen LogP contribution is 2.28. The van der Waals surface area contributed by atoms with Gasteiger partial charge in [0.1, 0.15) is 0 Å². The number of thiazole rings is 2. The van der Waals surface area contributed by atoms with Crippen LogP contribution in [0.15, 0.2) is 64.3 Å². The highest BCUT2D eigenvalue weighted by Gasteiger charge is 2.15. The molecule has 9 nitrogen and oxygen atoms in total. The van der Waals surface area contributed by atoms with E-state index in [4.69, 9.17) is 9.47 Å². The van der Waals surface area contributed by atoms with Gasteiger partial charge in [-0.3, -0.25) is 4.72 Å². The maximum absolute atomic E-state index is 12.5. The van der Waals surface area contributed by atoms with E-state index >= 15 is 0 Å². The molecule has 0 spiro atoms. The highest BCUT2D eigenvalue weighted by atomic mass is 32.2. The minimum absolute atomic E-state index is 0.164. The number of aromatic nitrogens is 2. The molecule has 0 radical (unpaired) electrons. The Morgan fingerprint density at radius 1 is 0.971 bits per heavy atom. The van der Waals surface area contributed by atoms with Gasteiger partial charge >= 0.3 is 0 Å². The van der Waals surface area contributed by atoms with Crippen molar-refractivity contribution in [3.63, 3.8) is 0 Å². The molecular weight excluding hydrogens is 506 g/mol. The van der Waals surface area contributed by atoms with Crippen molar-refractivity contribution >= 4 is 48.6 Å². The predicted molar refractivity (Wildman–Crippen MR) is 140 cm³/mol. The van der Waals surface area contributed by atoms with Gasteiger partial charge in [0, 0.05) is 29.2 Å². The van der Waals surface area contributed by atoms with Crippen LogP contribution in [0.3, 0.4) is 0 Å². The SMILES string of the molecule is COc1ccc(CCNCc2csc(Nc3ccc(S(=O)(=O)Nc4nccs4)cc3)n2)cc1OC. The van der Waals surface area contributed by atoms with Crippen LogP contribution in [0.4, 0.5) is 16.0 Å². The molecule has 184 valence electrons. The number of sulfonamides is 1. The van der Waals surface area contributed by atoms with Gasteiger partial charge in [-0.2, -0.15) is 0 Å². The van der Waals surface area contributed by atoms with Crippen molar-refractivity contribution < 1.29 is 17.9 Å². The first-order valence-electron chi connectivity index (χ1n) is 10.6. The first kappa shape index (κ1) is 24.9. The number of hydrogen-bond acceptors (Lipinski definition) is 10. The average Bonchev–Trinajstić information content (AvgIpc) is 3.54. The van der Waals surface area contributed by atoms with Gasteiger partial charge in [-0.15, -0.1) is 22.7 Å². The van der Waals surface area contributed by atoms with Crippen molar-refractivity contribution in [3.05, 3.63) is 70.7 Å². The van der Waals surface area contributed by atoms with Crippen LogP contribution in [0.5, 0.6) is 11.5 Å². The van der Waals surface area contributed by atoms with Gasteiger partial charge in [0.2, 0.25) is 0 Å². The van der Waals surface area contributed by atoms with E-state index in [9.17, 15) is 8.42 Å². The molecule has 0 amide bonds. The molecule has 0 unspecified atom stereocenters. The molecule has 0 bridgehead atoms. The maximum Gasteiger partial charge on any atom is 0.263 e. The third-order valence-electron chi connectivity index (χ3n) is 4.97. The molecule has 35 heavy (non-hydrogen) atoms. The second-order valence-corrected chi connectivity index (χ2v) is 10.8. The predicted octanol–water partition coefficient (Wildman–Crippen LogP) is 4.49. The number of anilines is 3. The largest absolute Gasteiger partial charge is 0.493 e. The highest BCUT2D eigenvalue weighted by molar-refractivity contribution is 7.93. The molecule has 0 atom stereocenters. The molecule has 0 aliphatic rings. The molecule has 0 aliphatic carbocycles. The quantitative estimate of drug-likeness (QED) is 0.229. The van der Waals surface area contributed by atoms with Crippen LogP contribution < -0.4 is 24.8 Å². The Kier molecular flexibility index (Phi) is 8.18. The van der Waals surface area contributed by atoms with E-state index in [1.807, 2.05) is 23.6 Å². The van der Waals surface area contributed by atoms with E-state index in [2.05, 4.69) is 25.3 Å². The summed E-state index contributed by atoms with van der Waals surface area (Å²) in [6.45, 7) is 1.44. The van der Waals surface area contributed by atoms with Crippen LogP contribution in [-0.4, -0.2) is 39.2 Å². The Hall–Kier alpha value is -3.19. The fourth-order valence-corrected chi connectivity index (χ4v) is 5.74. The number of hydrogen-bond donors (Lipinski definition) is 3. The third kappa shape index (κ3) is 6.69. The molecule has 0 aliphatic heterocycles. The van der Waals surface area contributed by atoms with Crippen molar-refractivity contribution in [2.75, 3.05) is 30.8 Å². The minimum atomic E-state index is -3.67. The summed E-state index contributed by atoms with van der Waals surface area (Å²) >= 11 is 2.71. The zero-order valence-corrected chi connectivity index (χ0v) is 21.6. The third-order valence-corrected chi connectivity index (χ3v) is 7.95. The standard InChI is InChI=1S/C23H25N5O4S3/c1-31-20-8-3-16(13-21(20)32-2)9-10-24-14-18-15-34-23(27-18)26-17-4-6-19(7-5-17)35(29,30)28-22-25-11-12-33-22/h3-8,11-13,15,24H,9-10,14H2,1-2H3,(H,25,28)(H,26,27). The molecule has 2 aromatic heterocycles. The van der Waals surface area contributed by atoms with Crippen molar-refractivity contribution in [1.82, 2.24) is 15.3 Å². The number of methoxy groups -OCH3 is 2. The van der Waals surface area contributed by atoms with E-state index in [-0.39, 0.29) is 4.90 Å². The Labute approximate surface area is 212 Å². The lowest BCUT2D eigenvalue weighted by Gasteiger charge is -2.09. The summed E-state index contributed by atoms with van der Waals surface area (Å²) in [6.07, 6.45) is 2.40. The lowest BCUT2D eigenvalue weighted by molar-refractivity contribution is 0.354. The topological polar surface area (TPSA) is 114 Å². The summed E-state index contributed by atoms with van der Waals surface area (Å²) in [7, 11) is -0.420. The lowest BCUT2D eigenvalue weighted by Crippen LogP contribution is -2.17. The van der Waals surface area contributed by atoms with E-state index in [1.165, 1.54) is 22.7 Å². The molecule has 0 fully saturated rings. The molecule has 4 aromatic rings. The monoisotopic (exact) mass is 531 g/mol. The van der Waals surface area contributed by atoms with Gasteiger partial charge in [0.05, 0.1) is 24.8 Å². The summed E-state index contributed by atoms with van der Waals surface area (Å²) in [5.41, 5.74) is 2.83. The summed E-state index contributed by atoms with van der Waals surface area (Å²) < 4.78 is 38.0. The molecule has 0 saturated carbocycles. The molecule has 12 heteroatoms. The molecular formula is C23H25N5O4S3. The van der Waals surface area contributed by atoms with Gasteiger partial charge in [-0.25, -0.2) is 18.4 Å². The average molecular weight is 532 g/mol. The van der Waals surface area contributed by atoms with Crippen LogP contribution in [0, 0.1) is 0 Å². The first-order valence-corrected chi connectivity index (χ1v) is 13.9. The molecule has 4 rings (SSSR count). The van der Waals surface area contributed by atoms with Gasteiger partial charge < -0.3 is 20.1 Å². The second kappa shape index (κ2) is 11.5. The zero-order chi connectivity index (χ0) is 24.7. The molecule has 0 saturated heterocycles. The van der Waals surface area contributed by atoms with Crippen LogP contribution >= 0.6 is 22.7 Å². The molecule has 2 aromatic carbocycles. The van der Waals surface area contributed by atoms with Crippen molar-refractivity contribution in [2.24, 2.45) is 0 Å². The number of nitrogens with zero attached hydrogens (tertiary/aromatic N) is 2. The Bertz CT molecular complexity index is 1340. The number of rotatable bonds is 12. The summed E-state index contributed by atoms with van der Waals surface area (Å²) in [5.74, 6) is 1.44. The molecule has 2 heterocycles. The smallest absolute Gasteiger partial charge is 0.263 e. The zero-order valence-electron chi connectivity index (χ0n) is 19.1. The van der Waals surface area contributed by atoms with Crippen LogP contribution in [0.2, 0.25) is 0 Å². The summed E-state index contributed by atoms with van der Waals surface area (Å²) in [5, 5.41) is 11.4. The van der Waals surface area contributed by atoms with E-state index in [1.54, 1.807) is 50.1 Å². The second-order valence-electron chi connectivity index (χ2n) is 7.35. The van der Waals surface area contributed by atoms with Gasteiger partial charge in [0.25, 0.3) is 10.0 Å². The maximum atomic E-state index is 12.5. The fraction of sp³-hybridized carbons (Fsp3) is 0.217. The Morgan fingerprint density at radius 3 is 2.49 bits per heavy atom. The minimum Gasteiger partial charge on any atom is -0.493 e. The van der Waals surface area contributed by atoms with Crippen LogP contribution in [0.1, 0.15) is 11.3 Å². The van der Waals surface area contributed by atoms with Gasteiger partial charge in [-0.05, 0) is 54.9 Å². The summed E-state index contributed by atoms with van der Waals surface area (Å²) in [4.78, 5) is 8.71. The van der Waals surface area contributed by atoms with E-state index in [0.717, 1.165) is 46.5 Å². The van der Waals surface area contributed by atoms with Crippen LogP contribution in [-0.2, 0) is 23.0 Å². The van der Waals surface area contributed by atoms with E-state index in [0.29, 0.717) is 11.7 Å². The van der Waals surface area contributed by atoms with Crippen molar-refractivity contribution in [2.45, 2.75) is 17.9 Å². The lowest BCUT2D eigenvalue weighted by atomic mass is 10.1. The van der Waals surface area contributed by atoms with Crippen molar-refractivity contribution in [1.29, 1.82) is 0 Å². The fourth-order valence-electron chi connectivity index (χ4n) is 3.22. The normalized spacial score (nSPS) is 11.3.